The van der Waals surface area contributed by atoms with Gasteiger partial charge in [0.1, 0.15) is 0 Å². The number of carbonyl (C=O) groups excluding carboxylic acids is 1. The number of hydrogen-bond donors (Lipinski definition) is 2. The Hall–Kier alpha value is -2.39. The van der Waals surface area contributed by atoms with Crippen LogP contribution < -0.4 is 10.6 Å². The summed E-state index contributed by atoms with van der Waals surface area (Å²) in [6, 6.07) is 1.91. The molecule has 0 saturated heterocycles. The molecular formula is C15H16N6OS2. The Morgan fingerprint density at radius 3 is 2.33 bits per heavy atom. The molecule has 0 fully saturated rings. The molecule has 0 aromatic carbocycles. The van der Waals surface area contributed by atoms with Crippen LogP contribution >= 0.6 is 22.7 Å². The highest BCUT2D eigenvalue weighted by atomic mass is 32.1. The van der Waals surface area contributed by atoms with E-state index in [1.807, 2.05) is 37.6 Å². The second-order valence-electron chi connectivity index (χ2n) is 5.26. The highest BCUT2D eigenvalue weighted by Gasteiger charge is 2.10. The van der Waals surface area contributed by atoms with Crippen LogP contribution in [0, 0.1) is 20.8 Å². The number of aryl methyl sites for hydroxylation is 3. The van der Waals surface area contributed by atoms with Gasteiger partial charge in [-0.1, -0.05) is 0 Å². The molecule has 0 bridgehead atoms. The quantitative estimate of drug-likeness (QED) is 0.725. The van der Waals surface area contributed by atoms with E-state index in [0.29, 0.717) is 21.9 Å². The molecule has 1 amide bonds. The van der Waals surface area contributed by atoms with Crippen molar-refractivity contribution in [2.75, 3.05) is 10.6 Å². The normalized spacial score (nSPS) is 10.6. The first-order valence-corrected chi connectivity index (χ1v) is 8.99. The Balaban J connectivity index is 1.61. The van der Waals surface area contributed by atoms with Crippen molar-refractivity contribution < 1.29 is 4.79 Å². The number of thiazole rings is 2. The van der Waals surface area contributed by atoms with Crippen LogP contribution in [0.1, 0.15) is 22.8 Å². The molecule has 3 aromatic heterocycles. The van der Waals surface area contributed by atoms with E-state index in [0.717, 1.165) is 17.1 Å². The fourth-order valence-corrected chi connectivity index (χ4v) is 3.47. The molecule has 0 unspecified atom stereocenters. The molecule has 0 aliphatic carbocycles. The first-order valence-electron chi connectivity index (χ1n) is 7.23. The van der Waals surface area contributed by atoms with Crippen LogP contribution in [-0.2, 0) is 11.2 Å². The molecule has 124 valence electrons. The van der Waals surface area contributed by atoms with Gasteiger partial charge in [0.05, 0.1) is 17.8 Å². The SMILES string of the molecule is Cc1cc(C)nc(Nc2nc(CC(=O)Nc3nc(C)cs3)cs2)n1. The summed E-state index contributed by atoms with van der Waals surface area (Å²) in [6.45, 7) is 5.72. The number of carbonyl (C=O) groups is 1. The maximum atomic E-state index is 12.0. The zero-order valence-electron chi connectivity index (χ0n) is 13.5. The highest BCUT2D eigenvalue weighted by Crippen LogP contribution is 2.20. The number of nitrogens with zero attached hydrogens (tertiary/aromatic N) is 4. The van der Waals surface area contributed by atoms with Gasteiger partial charge in [0.25, 0.3) is 0 Å². The first-order chi connectivity index (χ1) is 11.5. The second-order valence-corrected chi connectivity index (χ2v) is 6.98. The fourth-order valence-electron chi connectivity index (χ4n) is 2.06. The summed E-state index contributed by atoms with van der Waals surface area (Å²) >= 11 is 2.82. The largest absolute Gasteiger partial charge is 0.302 e. The third-order valence-electron chi connectivity index (χ3n) is 2.96. The molecule has 9 heteroatoms. The van der Waals surface area contributed by atoms with Crippen molar-refractivity contribution in [3.63, 3.8) is 0 Å². The standard InChI is InChI=1S/C15H16N6OS2/c1-8-4-9(2)17-13(16-8)21-15-19-11(7-24-15)5-12(22)20-14-18-10(3)6-23-14/h4,6-7H,5H2,1-3H3,(H,18,20,22)(H,16,17,19,21). The van der Waals surface area contributed by atoms with Gasteiger partial charge in [-0.3, -0.25) is 4.79 Å². The molecule has 0 radical (unpaired) electrons. The third kappa shape index (κ3) is 4.33. The van der Waals surface area contributed by atoms with E-state index in [9.17, 15) is 4.79 Å². The maximum Gasteiger partial charge on any atom is 0.232 e. The smallest absolute Gasteiger partial charge is 0.232 e. The van der Waals surface area contributed by atoms with Crippen molar-refractivity contribution in [3.8, 4) is 0 Å². The maximum absolute atomic E-state index is 12.0. The van der Waals surface area contributed by atoms with Gasteiger partial charge in [0.15, 0.2) is 10.3 Å². The molecule has 7 nitrogen and oxygen atoms in total. The molecule has 0 aliphatic rings. The minimum atomic E-state index is -0.135. The summed E-state index contributed by atoms with van der Waals surface area (Å²) in [7, 11) is 0. The van der Waals surface area contributed by atoms with E-state index in [1.165, 1.54) is 22.7 Å². The van der Waals surface area contributed by atoms with E-state index in [-0.39, 0.29) is 12.3 Å². The van der Waals surface area contributed by atoms with Gasteiger partial charge in [0, 0.05) is 22.1 Å². The molecule has 3 heterocycles. The van der Waals surface area contributed by atoms with Crippen LogP contribution in [0.25, 0.3) is 0 Å². The summed E-state index contributed by atoms with van der Waals surface area (Å²) < 4.78 is 0. The second kappa shape index (κ2) is 7.02. The third-order valence-corrected chi connectivity index (χ3v) is 4.64. The molecule has 2 N–H and O–H groups in total. The highest BCUT2D eigenvalue weighted by molar-refractivity contribution is 7.14. The van der Waals surface area contributed by atoms with Crippen molar-refractivity contribution >= 4 is 44.8 Å². The van der Waals surface area contributed by atoms with Crippen molar-refractivity contribution in [2.45, 2.75) is 27.2 Å². The Bertz CT molecular complexity index is 852. The monoisotopic (exact) mass is 360 g/mol. The molecule has 3 rings (SSSR count). The van der Waals surface area contributed by atoms with E-state index >= 15 is 0 Å². The summed E-state index contributed by atoms with van der Waals surface area (Å²) in [6.07, 6.45) is 0.199. The van der Waals surface area contributed by atoms with Gasteiger partial charge < -0.3 is 10.6 Å². The Morgan fingerprint density at radius 2 is 1.67 bits per heavy atom. The van der Waals surface area contributed by atoms with Gasteiger partial charge in [0.2, 0.25) is 11.9 Å². The van der Waals surface area contributed by atoms with Crippen molar-refractivity contribution in [1.82, 2.24) is 19.9 Å². The lowest BCUT2D eigenvalue weighted by Crippen LogP contribution is -2.14. The average Bonchev–Trinajstić information content (AvgIpc) is 3.07. The van der Waals surface area contributed by atoms with Crippen molar-refractivity contribution in [3.05, 3.63) is 39.6 Å². The molecule has 0 spiro atoms. The lowest BCUT2D eigenvalue weighted by Gasteiger charge is -2.03. The zero-order valence-corrected chi connectivity index (χ0v) is 15.1. The topological polar surface area (TPSA) is 92.7 Å². The predicted octanol–water partition coefficient (Wildman–Crippen LogP) is 3.24. The number of rotatable bonds is 5. The van der Waals surface area contributed by atoms with Gasteiger partial charge >= 0.3 is 0 Å². The number of nitrogens with one attached hydrogen (secondary N) is 2. The minimum Gasteiger partial charge on any atom is -0.302 e. The minimum absolute atomic E-state index is 0.135. The predicted molar refractivity (Wildman–Crippen MR) is 96.1 cm³/mol. The van der Waals surface area contributed by atoms with E-state index in [2.05, 4.69) is 30.6 Å². The van der Waals surface area contributed by atoms with Crippen LogP contribution in [0.5, 0.6) is 0 Å². The molecule has 24 heavy (non-hydrogen) atoms. The molecule has 3 aromatic rings. The number of anilines is 3. The Kier molecular flexibility index (Phi) is 4.81. The fraction of sp³-hybridized carbons (Fsp3) is 0.267. The van der Waals surface area contributed by atoms with Crippen LogP contribution in [0.3, 0.4) is 0 Å². The van der Waals surface area contributed by atoms with Gasteiger partial charge in [-0.25, -0.2) is 19.9 Å². The number of hydrogen-bond acceptors (Lipinski definition) is 8. The zero-order chi connectivity index (χ0) is 17.1. The lowest BCUT2D eigenvalue weighted by atomic mass is 10.3. The average molecular weight is 360 g/mol. The summed E-state index contributed by atoms with van der Waals surface area (Å²) in [5.74, 6) is 0.375. The molecule has 0 aliphatic heterocycles. The first kappa shape index (κ1) is 16.5. The lowest BCUT2D eigenvalue weighted by molar-refractivity contribution is -0.115. The van der Waals surface area contributed by atoms with Crippen LogP contribution in [-0.4, -0.2) is 25.8 Å². The molecule has 0 saturated carbocycles. The molecular weight excluding hydrogens is 344 g/mol. The van der Waals surface area contributed by atoms with Gasteiger partial charge in [-0.15, -0.1) is 22.7 Å². The van der Waals surface area contributed by atoms with Gasteiger partial charge in [-0.05, 0) is 26.8 Å². The van der Waals surface area contributed by atoms with Crippen molar-refractivity contribution in [1.29, 1.82) is 0 Å². The summed E-state index contributed by atoms with van der Waals surface area (Å²) in [5, 5.41) is 10.9. The summed E-state index contributed by atoms with van der Waals surface area (Å²) in [5.41, 5.74) is 3.36. The van der Waals surface area contributed by atoms with Crippen LogP contribution in [0.2, 0.25) is 0 Å². The van der Waals surface area contributed by atoms with Gasteiger partial charge in [-0.2, -0.15) is 0 Å². The van der Waals surface area contributed by atoms with Crippen molar-refractivity contribution in [2.24, 2.45) is 0 Å². The number of amides is 1. The number of aromatic nitrogens is 4. The van der Waals surface area contributed by atoms with E-state index in [1.54, 1.807) is 0 Å². The Morgan fingerprint density at radius 1 is 0.958 bits per heavy atom. The summed E-state index contributed by atoms with van der Waals surface area (Å²) in [4.78, 5) is 29.3. The van der Waals surface area contributed by atoms with Crippen LogP contribution in [0.15, 0.2) is 16.8 Å². The Labute approximate surface area is 147 Å². The van der Waals surface area contributed by atoms with Crippen LogP contribution in [0.4, 0.5) is 16.2 Å². The molecule has 0 atom stereocenters. The van der Waals surface area contributed by atoms with E-state index in [4.69, 9.17) is 0 Å². The van der Waals surface area contributed by atoms with E-state index < -0.39 is 0 Å².